The minimum atomic E-state index is 0.0508. The third-order valence-electron chi connectivity index (χ3n) is 3.80. The molecule has 86 valence electrons. The number of rotatable bonds is 1. The Morgan fingerprint density at radius 1 is 1.44 bits per heavy atom. The van der Waals surface area contributed by atoms with Gasteiger partial charge in [-0.1, -0.05) is 13.8 Å². The van der Waals surface area contributed by atoms with E-state index in [2.05, 4.69) is 29.1 Å². The van der Waals surface area contributed by atoms with Crippen molar-refractivity contribution in [3.8, 4) is 0 Å². The van der Waals surface area contributed by atoms with E-state index in [1.54, 1.807) is 0 Å². The largest absolute Gasteiger partial charge is 0.312 e. The lowest BCUT2D eigenvalue weighted by atomic mass is 10.1. The Morgan fingerprint density at radius 3 is 2.88 bits per heavy atom. The van der Waals surface area contributed by atoms with Gasteiger partial charge in [-0.05, 0) is 11.8 Å². The normalized spacial score (nSPS) is 26.2. The molecule has 4 heteroatoms. The molecule has 1 aliphatic heterocycles. The lowest BCUT2D eigenvalue weighted by Gasteiger charge is -2.16. The second kappa shape index (κ2) is 3.17. The van der Waals surface area contributed by atoms with Crippen molar-refractivity contribution in [3.05, 3.63) is 27.4 Å². The van der Waals surface area contributed by atoms with Crippen LogP contribution in [0.4, 0.5) is 0 Å². The highest BCUT2D eigenvalue weighted by molar-refractivity contribution is 5.24. The molecule has 0 spiro atoms. The third kappa shape index (κ3) is 1.48. The van der Waals surface area contributed by atoms with Gasteiger partial charge in [0.25, 0.3) is 5.56 Å². The number of hydrogen-bond acceptors (Lipinski definition) is 3. The molecule has 16 heavy (non-hydrogen) atoms. The van der Waals surface area contributed by atoms with Crippen molar-refractivity contribution >= 4 is 0 Å². The maximum absolute atomic E-state index is 11.9. The summed E-state index contributed by atoms with van der Waals surface area (Å²) in [6.45, 7) is 6.03. The van der Waals surface area contributed by atoms with E-state index in [-0.39, 0.29) is 5.56 Å². The summed E-state index contributed by atoms with van der Waals surface area (Å²) in [7, 11) is 0. The zero-order valence-corrected chi connectivity index (χ0v) is 9.76. The molecule has 0 radical (unpaired) electrons. The van der Waals surface area contributed by atoms with Gasteiger partial charge < -0.3 is 10.3 Å². The fourth-order valence-corrected chi connectivity index (χ4v) is 2.47. The molecule has 1 saturated carbocycles. The summed E-state index contributed by atoms with van der Waals surface area (Å²) >= 11 is 0. The first-order valence-electron chi connectivity index (χ1n) is 5.90. The van der Waals surface area contributed by atoms with E-state index in [0.717, 1.165) is 36.5 Å². The van der Waals surface area contributed by atoms with E-state index in [4.69, 9.17) is 0 Å². The van der Waals surface area contributed by atoms with Crippen LogP contribution in [0.2, 0.25) is 0 Å². The Bertz CT molecular complexity index is 490. The fourth-order valence-electron chi connectivity index (χ4n) is 2.47. The van der Waals surface area contributed by atoms with Crippen LogP contribution in [0, 0.1) is 5.41 Å². The maximum atomic E-state index is 11.9. The standard InChI is InChI=1S/C12H17N3O/c1-12(2)5-8(12)10-14-9-3-4-13-6-7(9)11(16)15-10/h8,13H,3-6H2,1-2H3,(H,14,15,16). The average Bonchev–Trinajstić information content (AvgIpc) is 2.88. The van der Waals surface area contributed by atoms with E-state index in [9.17, 15) is 4.79 Å². The van der Waals surface area contributed by atoms with E-state index >= 15 is 0 Å². The topological polar surface area (TPSA) is 57.8 Å². The molecule has 4 nitrogen and oxygen atoms in total. The number of nitrogens with one attached hydrogen (secondary N) is 2. The number of nitrogens with zero attached hydrogens (tertiary/aromatic N) is 1. The van der Waals surface area contributed by atoms with Crippen molar-refractivity contribution in [1.29, 1.82) is 0 Å². The van der Waals surface area contributed by atoms with Gasteiger partial charge in [0.05, 0.1) is 11.3 Å². The SMILES string of the molecule is CC1(C)CC1c1nc2c(c(=O)[nH]1)CNCC2. The summed E-state index contributed by atoms with van der Waals surface area (Å²) in [5.74, 6) is 1.34. The molecule has 1 fully saturated rings. The summed E-state index contributed by atoms with van der Waals surface area (Å²) in [5.41, 5.74) is 2.19. The van der Waals surface area contributed by atoms with Crippen molar-refractivity contribution in [2.45, 2.75) is 39.2 Å². The third-order valence-corrected chi connectivity index (χ3v) is 3.80. The van der Waals surface area contributed by atoms with E-state index < -0.39 is 0 Å². The highest BCUT2D eigenvalue weighted by Crippen LogP contribution is 2.57. The van der Waals surface area contributed by atoms with Crippen LogP contribution in [-0.2, 0) is 13.0 Å². The van der Waals surface area contributed by atoms with Gasteiger partial charge >= 0.3 is 0 Å². The molecular weight excluding hydrogens is 202 g/mol. The molecule has 1 aromatic rings. The number of fused-ring (bicyclic) bond motifs is 1. The summed E-state index contributed by atoms with van der Waals surface area (Å²) in [5, 5.41) is 3.20. The first-order chi connectivity index (χ1) is 7.58. The molecule has 2 N–H and O–H groups in total. The molecule has 0 amide bonds. The highest BCUT2D eigenvalue weighted by Gasteiger charge is 2.48. The van der Waals surface area contributed by atoms with Crippen molar-refractivity contribution in [2.24, 2.45) is 5.41 Å². The molecule has 0 aromatic carbocycles. The Hall–Kier alpha value is -1.16. The molecule has 1 unspecified atom stereocenters. The van der Waals surface area contributed by atoms with Crippen molar-refractivity contribution < 1.29 is 0 Å². The molecular formula is C12H17N3O. The molecule has 1 aromatic heterocycles. The number of aromatic nitrogens is 2. The first kappa shape index (κ1) is 10.0. The minimum absolute atomic E-state index is 0.0508. The number of aromatic amines is 1. The van der Waals surface area contributed by atoms with Crippen LogP contribution in [0.5, 0.6) is 0 Å². The molecule has 3 rings (SSSR count). The summed E-state index contributed by atoms with van der Waals surface area (Å²) < 4.78 is 0. The van der Waals surface area contributed by atoms with Crippen molar-refractivity contribution in [3.63, 3.8) is 0 Å². The second-order valence-corrected chi connectivity index (χ2v) is 5.55. The predicted molar refractivity (Wildman–Crippen MR) is 61.4 cm³/mol. The van der Waals surface area contributed by atoms with Crippen molar-refractivity contribution in [2.75, 3.05) is 6.54 Å². The lowest BCUT2D eigenvalue weighted by Crippen LogP contribution is -2.32. The van der Waals surface area contributed by atoms with Crippen LogP contribution < -0.4 is 10.9 Å². The van der Waals surface area contributed by atoms with E-state index in [1.807, 2.05) is 0 Å². The quantitative estimate of drug-likeness (QED) is 0.738. The summed E-state index contributed by atoms with van der Waals surface area (Å²) in [6, 6.07) is 0. The van der Waals surface area contributed by atoms with Gasteiger partial charge in [-0.2, -0.15) is 0 Å². The molecule has 1 atom stereocenters. The lowest BCUT2D eigenvalue weighted by molar-refractivity contribution is 0.586. The van der Waals surface area contributed by atoms with Crippen LogP contribution in [0.3, 0.4) is 0 Å². The van der Waals surface area contributed by atoms with Gasteiger partial charge in [0.1, 0.15) is 5.82 Å². The van der Waals surface area contributed by atoms with Crippen LogP contribution in [0.25, 0.3) is 0 Å². The van der Waals surface area contributed by atoms with Gasteiger partial charge in [0.15, 0.2) is 0 Å². The minimum Gasteiger partial charge on any atom is -0.312 e. The summed E-state index contributed by atoms with van der Waals surface area (Å²) in [4.78, 5) is 19.5. The Labute approximate surface area is 94.5 Å². The smallest absolute Gasteiger partial charge is 0.255 e. The molecule has 0 bridgehead atoms. The van der Waals surface area contributed by atoms with Crippen LogP contribution in [0.15, 0.2) is 4.79 Å². The van der Waals surface area contributed by atoms with Gasteiger partial charge in [0.2, 0.25) is 0 Å². The second-order valence-electron chi connectivity index (χ2n) is 5.55. The van der Waals surface area contributed by atoms with Gasteiger partial charge in [-0.3, -0.25) is 4.79 Å². The van der Waals surface area contributed by atoms with Gasteiger partial charge in [-0.15, -0.1) is 0 Å². The molecule has 0 saturated heterocycles. The highest BCUT2D eigenvalue weighted by atomic mass is 16.1. The predicted octanol–water partition coefficient (Wildman–Crippen LogP) is 0.929. The fraction of sp³-hybridized carbons (Fsp3) is 0.667. The average molecular weight is 219 g/mol. The Morgan fingerprint density at radius 2 is 2.19 bits per heavy atom. The van der Waals surface area contributed by atoms with Gasteiger partial charge in [0, 0.05) is 25.4 Å². The number of H-pyrrole nitrogens is 1. The zero-order valence-electron chi connectivity index (χ0n) is 9.76. The van der Waals surface area contributed by atoms with E-state index in [0.29, 0.717) is 17.9 Å². The Kier molecular flexibility index (Phi) is 1.98. The van der Waals surface area contributed by atoms with Crippen LogP contribution in [-0.4, -0.2) is 16.5 Å². The van der Waals surface area contributed by atoms with Gasteiger partial charge in [-0.25, -0.2) is 4.98 Å². The summed E-state index contributed by atoms with van der Waals surface area (Å²) in [6.07, 6.45) is 2.01. The molecule has 2 heterocycles. The number of hydrogen-bond donors (Lipinski definition) is 2. The molecule has 1 aliphatic carbocycles. The van der Waals surface area contributed by atoms with Crippen LogP contribution >= 0.6 is 0 Å². The Balaban J connectivity index is 2.03. The zero-order chi connectivity index (χ0) is 11.3. The maximum Gasteiger partial charge on any atom is 0.255 e. The van der Waals surface area contributed by atoms with Crippen LogP contribution in [0.1, 0.15) is 43.3 Å². The monoisotopic (exact) mass is 219 g/mol. The molecule has 2 aliphatic rings. The van der Waals surface area contributed by atoms with Crippen molar-refractivity contribution in [1.82, 2.24) is 15.3 Å². The first-order valence-corrected chi connectivity index (χ1v) is 5.90. The van der Waals surface area contributed by atoms with E-state index in [1.165, 1.54) is 0 Å².